The number of pyridine rings is 1. The van der Waals surface area contributed by atoms with Crippen LogP contribution in [0, 0.1) is 5.92 Å². The summed E-state index contributed by atoms with van der Waals surface area (Å²) in [5.74, 6) is -0.136. The lowest BCUT2D eigenvalue weighted by atomic mass is 9.76. The highest BCUT2D eigenvalue weighted by Gasteiger charge is 2.40. The molecule has 2 heterocycles. The molecule has 2 aromatic heterocycles. The molecule has 1 N–H and O–H groups in total. The Balaban J connectivity index is 2.10. The van der Waals surface area contributed by atoms with E-state index in [9.17, 15) is 18.3 Å². The molecule has 0 spiro atoms. The number of halogens is 3. The van der Waals surface area contributed by atoms with Gasteiger partial charge in [-0.05, 0) is 52.5 Å². The van der Waals surface area contributed by atoms with Crippen molar-refractivity contribution in [2.45, 2.75) is 37.0 Å². The molecular formula is C18H22F3N4OPS. The molecule has 1 aliphatic rings. The second kappa shape index (κ2) is 8.03. The number of rotatable bonds is 4. The summed E-state index contributed by atoms with van der Waals surface area (Å²) >= 11 is 1.29. The lowest BCUT2D eigenvalue weighted by Gasteiger charge is -2.32. The topological polar surface area (TPSA) is 62.1 Å². The molecule has 2 aromatic rings. The van der Waals surface area contributed by atoms with Crippen LogP contribution in [0.1, 0.15) is 35.4 Å². The zero-order chi connectivity index (χ0) is 20.6. The number of nitrogens with zero attached hydrogens (tertiary/aromatic N) is 4. The van der Waals surface area contributed by atoms with Gasteiger partial charge in [0.15, 0.2) is 5.16 Å². The third kappa shape index (κ3) is 4.06. The molecular weight excluding hydrogens is 408 g/mol. The second-order valence-electron chi connectivity index (χ2n) is 6.83. The van der Waals surface area contributed by atoms with Crippen molar-refractivity contribution in [1.29, 1.82) is 0 Å². The molecule has 28 heavy (non-hydrogen) atoms. The molecule has 10 heteroatoms. The maximum atomic E-state index is 13.7. The van der Waals surface area contributed by atoms with E-state index in [0.29, 0.717) is 37.4 Å². The molecule has 0 fully saturated rings. The summed E-state index contributed by atoms with van der Waals surface area (Å²) in [4.78, 5) is 12.9. The Morgan fingerprint density at radius 3 is 2.54 bits per heavy atom. The maximum absolute atomic E-state index is 13.7. The number of alkyl halides is 3. The van der Waals surface area contributed by atoms with Gasteiger partial charge in [0.1, 0.15) is 5.82 Å². The number of anilines is 1. The quantitative estimate of drug-likeness (QED) is 0.438. The highest BCUT2D eigenvalue weighted by atomic mass is 32.2. The number of hydrogen-bond donors (Lipinski definition) is 1. The van der Waals surface area contributed by atoms with Crippen molar-refractivity contribution in [1.82, 2.24) is 15.0 Å². The van der Waals surface area contributed by atoms with Crippen molar-refractivity contribution in [2.24, 2.45) is 5.92 Å². The highest BCUT2D eigenvalue weighted by Crippen LogP contribution is 2.44. The Morgan fingerprint density at radius 1 is 1.21 bits per heavy atom. The molecule has 0 saturated heterocycles. The number of fused-ring (bicyclic) bond motifs is 1. The smallest absolute Gasteiger partial charge is 0.418 e. The second-order valence-corrected chi connectivity index (χ2v) is 8.73. The first-order chi connectivity index (χ1) is 13.2. The summed E-state index contributed by atoms with van der Waals surface area (Å²) in [6, 6.07) is 2.55. The van der Waals surface area contributed by atoms with Gasteiger partial charge < -0.3 is 9.78 Å². The van der Waals surface area contributed by atoms with Crippen LogP contribution in [-0.2, 0) is 19.0 Å². The molecule has 152 valence electrons. The molecule has 3 atom stereocenters. The largest absolute Gasteiger partial charge is 0.493 e. The van der Waals surface area contributed by atoms with Crippen LogP contribution in [0.4, 0.5) is 19.0 Å². The average Bonchev–Trinajstić information content (AvgIpc) is 2.66. The van der Waals surface area contributed by atoms with Crippen molar-refractivity contribution in [3.63, 3.8) is 0 Å². The van der Waals surface area contributed by atoms with Gasteiger partial charge in [-0.15, -0.1) is 0 Å². The van der Waals surface area contributed by atoms with Gasteiger partial charge in [0, 0.05) is 18.5 Å². The van der Waals surface area contributed by atoms with Crippen LogP contribution in [0.2, 0.25) is 0 Å². The molecule has 3 unspecified atom stereocenters. The number of hydrogen-bond acceptors (Lipinski definition) is 6. The minimum absolute atomic E-state index is 0.0528. The molecule has 0 aromatic carbocycles. The first-order valence-corrected chi connectivity index (χ1v) is 11.4. The van der Waals surface area contributed by atoms with Gasteiger partial charge in [-0.1, -0.05) is 18.7 Å². The Morgan fingerprint density at radius 2 is 1.93 bits per heavy atom. The fraction of sp³-hybridized carbons (Fsp3) is 0.500. The standard InChI is InChI=1S/C18H22F3N4OPS/c1-9-7-11-13(22-17(28-4)24-16(11)26)8-10(9)15-12(18(19,20)21)5-6-14(23-15)25(2)27-3/h5-6,9-10,27H,7-8H2,1-4H3,(H,22,24,26). The van der Waals surface area contributed by atoms with Crippen molar-refractivity contribution in [3.05, 3.63) is 34.6 Å². The van der Waals surface area contributed by atoms with Crippen LogP contribution in [0.5, 0.6) is 5.88 Å². The van der Waals surface area contributed by atoms with E-state index in [-0.39, 0.29) is 23.9 Å². The molecule has 0 aliphatic heterocycles. The zero-order valence-electron chi connectivity index (χ0n) is 16.0. The Bertz CT molecular complexity index is 881. The Hall–Kier alpha value is -1.60. The molecule has 1 aliphatic carbocycles. The van der Waals surface area contributed by atoms with Crippen molar-refractivity contribution in [2.75, 3.05) is 24.6 Å². The molecule has 0 amide bonds. The number of aromatic nitrogens is 3. The maximum Gasteiger partial charge on any atom is 0.418 e. The van der Waals surface area contributed by atoms with Crippen LogP contribution in [0.3, 0.4) is 0 Å². The fourth-order valence-electron chi connectivity index (χ4n) is 3.49. The van der Waals surface area contributed by atoms with E-state index in [1.165, 1.54) is 17.8 Å². The summed E-state index contributed by atoms with van der Waals surface area (Å²) in [6.45, 7) is 3.83. The van der Waals surface area contributed by atoms with Gasteiger partial charge in [0.2, 0.25) is 5.88 Å². The van der Waals surface area contributed by atoms with Crippen LogP contribution < -0.4 is 4.67 Å². The van der Waals surface area contributed by atoms with E-state index in [0.717, 1.165) is 6.07 Å². The monoisotopic (exact) mass is 430 g/mol. The molecule has 3 rings (SSSR count). The van der Waals surface area contributed by atoms with E-state index in [4.69, 9.17) is 0 Å². The molecule has 5 nitrogen and oxygen atoms in total. The molecule has 0 bridgehead atoms. The van der Waals surface area contributed by atoms with Crippen LogP contribution >= 0.6 is 20.5 Å². The summed E-state index contributed by atoms with van der Waals surface area (Å²) in [5.41, 5.74) is 0.578. The number of aromatic hydroxyl groups is 1. The molecule has 0 saturated carbocycles. The minimum atomic E-state index is -4.48. The Kier molecular flexibility index (Phi) is 6.05. The first kappa shape index (κ1) is 21.1. The normalized spacial score (nSPS) is 19.8. The zero-order valence-corrected chi connectivity index (χ0v) is 17.8. The van der Waals surface area contributed by atoms with E-state index in [1.54, 1.807) is 6.26 Å². The number of thioether (sulfide) groups is 1. The van der Waals surface area contributed by atoms with Gasteiger partial charge >= 0.3 is 6.18 Å². The van der Waals surface area contributed by atoms with E-state index < -0.39 is 17.7 Å². The first-order valence-electron chi connectivity index (χ1n) is 8.77. The van der Waals surface area contributed by atoms with Gasteiger partial charge in [0.25, 0.3) is 0 Å². The summed E-state index contributed by atoms with van der Waals surface area (Å²) < 4.78 is 42.9. The van der Waals surface area contributed by atoms with E-state index in [1.807, 2.05) is 25.3 Å². The van der Waals surface area contributed by atoms with Crippen molar-refractivity contribution < 1.29 is 18.3 Å². The van der Waals surface area contributed by atoms with E-state index >= 15 is 0 Å². The highest BCUT2D eigenvalue weighted by molar-refractivity contribution is 7.98. The SMILES string of the molecule is CPN(C)c1ccc(C(F)(F)F)c(C2Cc3nc(SC)nc(O)c3CC2C)n1. The Labute approximate surface area is 168 Å². The lowest BCUT2D eigenvalue weighted by Crippen LogP contribution is -2.27. The molecule has 0 radical (unpaired) electrons. The minimum Gasteiger partial charge on any atom is -0.493 e. The van der Waals surface area contributed by atoms with Gasteiger partial charge in [0.05, 0.1) is 17.0 Å². The van der Waals surface area contributed by atoms with Gasteiger partial charge in [-0.3, -0.25) is 0 Å². The lowest BCUT2D eigenvalue weighted by molar-refractivity contribution is -0.138. The van der Waals surface area contributed by atoms with Crippen LogP contribution in [-0.4, -0.2) is 40.0 Å². The predicted octanol–water partition coefficient (Wildman–Crippen LogP) is 4.50. The van der Waals surface area contributed by atoms with Crippen LogP contribution in [0.25, 0.3) is 0 Å². The summed E-state index contributed by atoms with van der Waals surface area (Å²) in [7, 11) is 2.20. The van der Waals surface area contributed by atoms with Crippen molar-refractivity contribution in [3.8, 4) is 5.88 Å². The van der Waals surface area contributed by atoms with E-state index in [2.05, 4.69) is 15.0 Å². The van der Waals surface area contributed by atoms with Gasteiger partial charge in [-0.2, -0.15) is 18.2 Å². The van der Waals surface area contributed by atoms with Crippen LogP contribution in [0.15, 0.2) is 17.3 Å². The fourth-order valence-corrected chi connectivity index (χ4v) is 4.22. The third-order valence-electron chi connectivity index (χ3n) is 5.10. The predicted molar refractivity (Wildman–Crippen MR) is 107 cm³/mol. The average molecular weight is 430 g/mol. The van der Waals surface area contributed by atoms with Gasteiger partial charge in [-0.25, -0.2) is 9.97 Å². The van der Waals surface area contributed by atoms with Crippen molar-refractivity contribution >= 4 is 26.3 Å². The third-order valence-corrected chi connectivity index (χ3v) is 6.55. The summed E-state index contributed by atoms with van der Waals surface area (Å²) in [5, 5.41) is 10.6. The summed E-state index contributed by atoms with van der Waals surface area (Å²) in [6.07, 6.45) is -1.99.